The molecule has 0 aliphatic carbocycles. The predicted molar refractivity (Wildman–Crippen MR) is 82.9 cm³/mol. The van der Waals surface area contributed by atoms with E-state index in [1.165, 1.54) is 0 Å². The van der Waals surface area contributed by atoms with Gasteiger partial charge in [-0.15, -0.1) is 0 Å². The number of carboxylic acids is 1. The number of aromatic carboxylic acids is 1. The normalized spacial score (nSPS) is 11.0. The lowest BCUT2D eigenvalue weighted by Gasteiger charge is -2.28. The Morgan fingerprint density at radius 2 is 2.05 bits per heavy atom. The second kappa shape index (κ2) is 6.54. The van der Waals surface area contributed by atoms with Gasteiger partial charge in [0.2, 0.25) is 0 Å². The summed E-state index contributed by atoms with van der Waals surface area (Å²) in [6.45, 7) is 4.78. The first-order valence-electron chi connectivity index (χ1n) is 7.05. The average molecular weight is 288 g/mol. The first-order valence-corrected chi connectivity index (χ1v) is 7.05. The van der Waals surface area contributed by atoms with E-state index in [-0.39, 0.29) is 18.2 Å². The summed E-state index contributed by atoms with van der Waals surface area (Å²) in [7, 11) is 0. The summed E-state index contributed by atoms with van der Waals surface area (Å²) in [4.78, 5) is 18.1. The quantitative estimate of drug-likeness (QED) is 0.854. The molecule has 0 atom stereocenters. The fourth-order valence-electron chi connectivity index (χ4n) is 2.36. The number of carboxylic acid groups (broad SMARTS) is 1. The number of para-hydroxylation sites is 1. The maximum atomic E-state index is 11.5. The van der Waals surface area contributed by atoms with Gasteiger partial charge < -0.3 is 15.1 Å². The highest BCUT2D eigenvalue weighted by Crippen LogP contribution is 2.24. The number of fused-ring (bicyclic) bond motifs is 1. The molecule has 0 amide bonds. The number of pyridine rings is 1. The minimum Gasteiger partial charge on any atom is -0.478 e. The standard InChI is InChI=1S/C16H20N2O3/c1-11(2)18(8-5-9-19)15-10-13(16(20)21)12-6-3-4-7-14(12)17-15/h3-4,6-7,10-11,19H,5,8-9H2,1-2H3,(H,20,21). The zero-order chi connectivity index (χ0) is 15.4. The first kappa shape index (κ1) is 15.3. The molecule has 0 fully saturated rings. The first-order chi connectivity index (χ1) is 10.0. The van der Waals surface area contributed by atoms with E-state index in [9.17, 15) is 9.90 Å². The van der Waals surface area contributed by atoms with Crippen LogP contribution < -0.4 is 4.90 Å². The van der Waals surface area contributed by atoms with E-state index in [0.717, 1.165) is 0 Å². The van der Waals surface area contributed by atoms with Crippen LogP contribution >= 0.6 is 0 Å². The molecule has 5 heteroatoms. The Morgan fingerprint density at radius 3 is 2.67 bits per heavy atom. The highest BCUT2D eigenvalue weighted by Gasteiger charge is 2.17. The zero-order valence-electron chi connectivity index (χ0n) is 12.3. The number of hydrogen-bond donors (Lipinski definition) is 2. The van der Waals surface area contributed by atoms with Gasteiger partial charge in [0.1, 0.15) is 5.82 Å². The number of rotatable bonds is 6. The SMILES string of the molecule is CC(C)N(CCCO)c1cc(C(=O)O)c2ccccc2n1. The fourth-order valence-corrected chi connectivity index (χ4v) is 2.36. The van der Waals surface area contributed by atoms with Crippen molar-refractivity contribution in [3.05, 3.63) is 35.9 Å². The zero-order valence-corrected chi connectivity index (χ0v) is 12.3. The Labute approximate surface area is 123 Å². The summed E-state index contributed by atoms with van der Waals surface area (Å²) in [5.74, 6) is -0.324. The number of hydrogen-bond acceptors (Lipinski definition) is 4. The molecule has 0 radical (unpaired) electrons. The number of aliphatic hydroxyl groups is 1. The molecule has 1 aromatic heterocycles. The van der Waals surface area contributed by atoms with Crippen molar-refractivity contribution >= 4 is 22.7 Å². The molecule has 0 saturated carbocycles. The van der Waals surface area contributed by atoms with Gasteiger partial charge in [-0.25, -0.2) is 9.78 Å². The van der Waals surface area contributed by atoms with Crippen LogP contribution in [0.3, 0.4) is 0 Å². The third-order valence-corrected chi connectivity index (χ3v) is 3.41. The Morgan fingerprint density at radius 1 is 1.33 bits per heavy atom. The maximum Gasteiger partial charge on any atom is 0.336 e. The van der Waals surface area contributed by atoms with Crippen molar-refractivity contribution in [2.45, 2.75) is 26.3 Å². The van der Waals surface area contributed by atoms with Crippen LogP contribution in [0.4, 0.5) is 5.82 Å². The van der Waals surface area contributed by atoms with E-state index in [1.807, 2.05) is 36.9 Å². The lowest BCUT2D eigenvalue weighted by Crippen LogP contribution is -2.33. The van der Waals surface area contributed by atoms with Crippen LogP contribution in [0.2, 0.25) is 0 Å². The van der Waals surface area contributed by atoms with Crippen molar-refractivity contribution in [1.29, 1.82) is 0 Å². The number of aromatic nitrogens is 1. The van der Waals surface area contributed by atoms with E-state index < -0.39 is 5.97 Å². The largest absolute Gasteiger partial charge is 0.478 e. The smallest absolute Gasteiger partial charge is 0.336 e. The minimum absolute atomic E-state index is 0.0998. The second-order valence-corrected chi connectivity index (χ2v) is 5.21. The maximum absolute atomic E-state index is 11.5. The topological polar surface area (TPSA) is 73.7 Å². The predicted octanol–water partition coefficient (Wildman–Crippen LogP) is 2.53. The van der Waals surface area contributed by atoms with E-state index in [1.54, 1.807) is 12.1 Å². The lowest BCUT2D eigenvalue weighted by molar-refractivity contribution is 0.0699. The molecule has 2 N–H and O–H groups in total. The number of anilines is 1. The molecule has 0 aliphatic heterocycles. The molecule has 0 saturated heterocycles. The molecule has 0 spiro atoms. The van der Waals surface area contributed by atoms with Crippen molar-refractivity contribution in [2.75, 3.05) is 18.1 Å². The number of benzene rings is 1. The Kier molecular flexibility index (Phi) is 4.75. The van der Waals surface area contributed by atoms with E-state index in [0.29, 0.717) is 29.7 Å². The third kappa shape index (κ3) is 3.31. The van der Waals surface area contributed by atoms with Gasteiger partial charge in [0.05, 0.1) is 11.1 Å². The molecule has 0 aliphatic rings. The summed E-state index contributed by atoms with van der Waals surface area (Å²) >= 11 is 0. The summed E-state index contributed by atoms with van der Waals surface area (Å²) in [6.07, 6.45) is 0.620. The Balaban J connectivity index is 2.55. The summed E-state index contributed by atoms with van der Waals surface area (Å²) < 4.78 is 0. The molecular weight excluding hydrogens is 268 g/mol. The van der Waals surface area contributed by atoms with Gasteiger partial charge in [0, 0.05) is 24.6 Å². The number of carbonyl (C=O) groups is 1. The van der Waals surface area contributed by atoms with Crippen LogP contribution in [0.25, 0.3) is 10.9 Å². The number of aliphatic hydroxyl groups excluding tert-OH is 1. The van der Waals surface area contributed by atoms with Crippen molar-refractivity contribution in [1.82, 2.24) is 4.98 Å². The third-order valence-electron chi connectivity index (χ3n) is 3.41. The number of nitrogens with zero attached hydrogens (tertiary/aromatic N) is 2. The molecular formula is C16H20N2O3. The van der Waals surface area contributed by atoms with E-state index >= 15 is 0 Å². The Hall–Kier alpha value is -2.14. The van der Waals surface area contributed by atoms with E-state index in [4.69, 9.17) is 5.11 Å². The molecule has 1 aromatic carbocycles. The van der Waals surface area contributed by atoms with E-state index in [2.05, 4.69) is 4.98 Å². The summed E-state index contributed by atoms with van der Waals surface area (Å²) in [6, 6.07) is 9.02. The van der Waals surface area contributed by atoms with Gasteiger partial charge in [-0.3, -0.25) is 0 Å². The molecule has 5 nitrogen and oxygen atoms in total. The lowest BCUT2D eigenvalue weighted by atomic mass is 10.1. The van der Waals surface area contributed by atoms with Gasteiger partial charge in [0.25, 0.3) is 0 Å². The molecule has 0 unspecified atom stereocenters. The van der Waals surface area contributed by atoms with Crippen molar-refractivity contribution in [3.63, 3.8) is 0 Å². The minimum atomic E-state index is -0.958. The van der Waals surface area contributed by atoms with Gasteiger partial charge in [0.15, 0.2) is 0 Å². The van der Waals surface area contributed by atoms with Gasteiger partial charge in [-0.1, -0.05) is 18.2 Å². The van der Waals surface area contributed by atoms with Crippen LogP contribution in [0.5, 0.6) is 0 Å². The second-order valence-electron chi connectivity index (χ2n) is 5.21. The summed E-state index contributed by atoms with van der Waals surface area (Å²) in [5.41, 5.74) is 0.923. The van der Waals surface area contributed by atoms with Crippen molar-refractivity contribution in [3.8, 4) is 0 Å². The van der Waals surface area contributed by atoms with Gasteiger partial charge in [-0.05, 0) is 32.4 Å². The van der Waals surface area contributed by atoms with Crippen LogP contribution in [0.1, 0.15) is 30.6 Å². The molecule has 2 aromatic rings. The fraction of sp³-hybridized carbons (Fsp3) is 0.375. The molecule has 21 heavy (non-hydrogen) atoms. The van der Waals surface area contributed by atoms with Crippen LogP contribution in [-0.2, 0) is 0 Å². The van der Waals surface area contributed by atoms with Gasteiger partial charge >= 0.3 is 5.97 Å². The Bertz CT molecular complexity index is 640. The molecule has 1 heterocycles. The average Bonchev–Trinajstić information content (AvgIpc) is 2.46. The molecule has 0 bridgehead atoms. The molecule has 112 valence electrons. The van der Waals surface area contributed by atoms with Crippen LogP contribution in [0.15, 0.2) is 30.3 Å². The molecule has 2 rings (SSSR count). The van der Waals surface area contributed by atoms with Crippen molar-refractivity contribution < 1.29 is 15.0 Å². The summed E-state index contributed by atoms with van der Waals surface area (Å²) in [5, 5.41) is 19.1. The monoisotopic (exact) mass is 288 g/mol. The highest BCUT2D eigenvalue weighted by atomic mass is 16.4. The van der Waals surface area contributed by atoms with Gasteiger partial charge in [-0.2, -0.15) is 0 Å². The highest BCUT2D eigenvalue weighted by molar-refractivity contribution is 6.03. The van der Waals surface area contributed by atoms with Crippen LogP contribution in [0, 0.1) is 0 Å². The van der Waals surface area contributed by atoms with Crippen LogP contribution in [-0.4, -0.2) is 40.4 Å². The van der Waals surface area contributed by atoms with Crippen molar-refractivity contribution in [2.24, 2.45) is 0 Å².